The lowest BCUT2D eigenvalue weighted by atomic mass is 10.00. The van der Waals surface area contributed by atoms with Crippen molar-refractivity contribution in [1.82, 2.24) is 5.32 Å². The monoisotopic (exact) mass is 325 g/mol. The molecule has 1 aromatic carbocycles. The summed E-state index contributed by atoms with van der Waals surface area (Å²) in [5.41, 5.74) is 0.248. The fourth-order valence-electron chi connectivity index (χ4n) is 2.04. The van der Waals surface area contributed by atoms with Crippen molar-refractivity contribution in [2.75, 3.05) is 7.11 Å². The molecule has 0 unspecified atom stereocenters. The lowest BCUT2D eigenvalue weighted by Crippen LogP contribution is -2.48. The van der Waals surface area contributed by atoms with Crippen LogP contribution >= 0.6 is 0 Å². The van der Waals surface area contributed by atoms with Crippen LogP contribution in [-0.4, -0.2) is 47.3 Å². The van der Waals surface area contributed by atoms with Gasteiger partial charge in [0.2, 0.25) is 0 Å². The minimum absolute atomic E-state index is 0.269. The van der Waals surface area contributed by atoms with Gasteiger partial charge in [0.05, 0.1) is 19.3 Å². The molecule has 0 aromatic heterocycles. The summed E-state index contributed by atoms with van der Waals surface area (Å²) in [6, 6.07) is 6.58. The molecule has 6 nitrogen and oxygen atoms in total. The maximum Gasteiger partial charge on any atom is 0.407 e. The van der Waals surface area contributed by atoms with Crippen molar-refractivity contribution in [3.8, 4) is 5.75 Å². The van der Waals surface area contributed by atoms with Crippen LogP contribution in [0.4, 0.5) is 4.79 Å². The third kappa shape index (κ3) is 6.88. The predicted octanol–water partition coefficient (Wildman–Crippen LogP) is 1.87. The Balaban J connectivity index is 2.53. The maximum absolute atomic E-state index is 11.7. The first-order valence-corrected chi connectivity index (χ1v) is 7.61. The molecule has 0 radical (unpaired) electrons. The van der Waals surface area contributed by atoms with Gasteiger partial charge in [-0.05, 0) is 45.4 Å². The number of benzene rings is 1. The molecule has 0 heterocycles. The molecule has 130 valence electrons. The van der Waals surface area contributed by atoms with Gasteiger partial charge in [0.25, 0.3) is 0 Å². The van der Waals surface area contributed by atoms with E-state index in [1.54, 1.807) is 46.9 Å². The number of methoxy groups -OCH3 is 1. The molecule has 0 fully saturated rings. The van der Waals surface area contributed by atoms with Gasteiger partial charge in [0, 0.05) is 6.42 Å². The van der Waals surface area contributed by atoms with Gasteiger partial charge in [-0.2, -0.15) is 0 Å². The molecule has 0 aliphatic heterocycles. The summed E-state index contributed by atoms with van der Waals surface area (Å²) < 4.78 is 10.2. The number of carbonyl (C=O) groups excluding carboxylic acids is 1. The number of aliphatic hydroxyl groups is 2. The second-order valence-electron chi connectivity index (χ2n) is 6.55. The Hall–Kier alpha value is -1.79. The fourth-order valence-corrected chi connectivity index (χ4v) is 2.04. The molecule has 0 bridgehead atoms. The Kier molecular flexibility index (Phi) is 6.84. The minimum atomic E-state index is -1.11. The van der Waals surface area contributed by atoms with Gasteiger partial charge < -0.3 is 25.0 Å². The quantitative estimate of drug-likeness (QED) is 0.743. The molecule has 1 aromatic rings. The van der Waals surface area contributed by atoms with E-state index < -0.39 is 29.9 Å². The Bertz CT molecular complexity index is 495. The number of aliphatic hydroxyl groups excluding tert-OH is 2. The van der Waals surface area contributed by atoms with Crippen LogP contribution in [0.1, 0.15) is 33.3 Å². The molecule has 3 N–H and O–H groups in total. The zero-order valence-electron chi connectivity index (χ0n) is 14.4. The van der Waals surface area contributed by atoms with Crippen LogP contribution < -0.4 is 10.1 Å². The largest absolute Gasteiger partial charge is 0.497 e. The summed E-state index contributed by atoms with van der Waals surface area (Å²) >= 11 is 0. The molecular weight excluding hydrogens is 298 g/mol. The van der Waals surface area contributed by atoms with Crippen molar-refractivity contribution in [3.05, 3.63) is 29.8 Å². The highest BCUT2D eigenvalue weighted by Crippen LogP contribution is 2.15. The lowest BCUT2D eigenvalue weighted by Gasteiger charge is -2.26. The first-order valence-electron chi connectivity index (χ1n) is 7.61. The van der Waals surface area contributed by atoms with Gasteiger partial charge in [-0.25, -0.2) is 4.79 Å². The van der Waals surface area contributed by atoms with E-state index in [0.29, 0.717) is 0 Å². The molecule has 0 spiro atoms. The second-order valence-corrected chi connectivity index (χ2v) is 6.55. The van der Waals surface area contributed by atoms with E-state index >= 15 is 0 Å². The Morgan fingerprint density at radius 2 is 1.78 bits per heavy atom. The van der Waals surface area contributed by atoms with Gasteiger partial charge >= 0.3 is 6.09 Å². The lowest BCUT2D eigenvalue weighted by molar-refractivity contribution is -0.00484. The highest BCUT2D eigenvalue weighted by molar-refractivity contribution is 5.68. The van der Waals surface area contributed by atoms with Gasteiger partial charge in [-0.1, -0.05) is 12.1 Å². The van der Waals surface area contributed by atoms with E-state index in [1.165, 1.54) is 0 Å². The van der Waals surface area contributed by atoms with Crippen LogP contribution in [0.2, 0.25) is 0 Å². The van der Waals surface area contributed by atoms with Gasteiger partial charge in [-0.3, -0.25) is 0 Å². The summed E-state index contributed by atoms with van der Waals surface area (Å²) in [5, 5.41) is 22.8. The normalized spacial score (nSPS) is 15.4. The van der Waals surface area contributed by atoms with E-state index in [-0.39, 0.29) is 6.42 Å². The van der Waals surface area contributed by atoms with Crippen molar-refractivity contribution in [2.45, 2.75) is 58.0 Å². The average Bonchev–Trinajstić information content (AvgIpc) is 2.45. The summed E-state index contributed by atoms with van der Waals surface area (Å²) in [7, 11) is 1.58. The number of carbonyl (C=O) groups is 1. The summed E-state index contributed by atoms with van der Waals surface area (Å²) in [6.45, 7) is 6.89. The van der Waals surface area contributed by atoms with Crippen molar-refractivity contribution < 1.29 is 24.5 Å². The number of nitrogens with one attached hydrogen (secondary N) is 1. The highest BCUT2D eigenvalue weighted by atomic mass is 16.6. The summed E-state index contributed by atoms with van der Waals surface area (Å²) in [5.74, 6) is 0.726. The number of hydrogen-bond donors (Lipinski definition) is 3. The molecule has 0 saturated carbocycles. The summed E-state index contributed by atoms with van der Waals surface area (Å²) in [4.78, 5) is 11.7. The van der Waals surface area contributed by atoms with E-state index in [9.17, 15) is 15.0 Å². The van der Waals surface area contributed by atoms with Crippen LogP contribution in [0.15, 0.2) is 24.3 Å². The van der Waals surface area contributed by atoms with Gasteiger partial charge in [0.15, 0.2) is 0 Å². The minimum Gasteiger partial charge on any atom is -0.497 e. The Morgan fingerprint density at radius 1 is 1.22 bits per heavy atom. The van der Waals surface area contributed by atoms with Gasteiger partial charge in [0.1, 0.15) is 17.5 Å². The van der Waals surface area contributed by atoms with Crippen molar-refractivity contribution in [2.24, 2.45) is 0 Å². The van der Waals surface area contributed by atoms with Crippen LogP contribution in [0, 0.1) is 0 Å². The van der Waals surface area contributed by atoms with E-state index in [2.05, 4.69) is 5.32 Å². The third-order valence-electron chi connectivity index (χ3n) is 3.25. The second kappa shape index (κ2) is 8.17. The molecule has 0 aliphatic rings. The summed E-state index contributed by atoms with van der Waals surface area (Å²) in [6.07, 6.45) is -2.47. The van der Waals surface area contributed by atoms with E-state index in [0.717, 1.165) is 11.3 Å². The van der Waals surface area contributed by atoms with E-state index in [4.69, 9.17) is 9.47 Å². The SMILES string of the molecule is COc1ccc(C[C@@H](O)[C@H](O)[C@@H](C)NC(=O)OC(C)(C)C)cc1. The first-order chi connectivity index (χ1) is 10.6. The molecule has 1 rings (SSSR count). The number of alkyl carbamates (subject to hydrolysis) is 1. The van der Waals surface area contributed by atoms with Crippen LogP contribution in [-0.2, 0) is 11.2 Å². The molecule has 6 heteroatoms. The molecule has 0 aliphatic carbocycles. The van der Waals surface area contributed by atoms with Crippen LogP contribution in [0.5, 0.6) is 5.75 Å². The number of ether oxygens (including phenoxy) is 2. The highest BCUT2D eigenvalue weighted by Gasteiger charge is 2.26. The molecular formula is C17H27NO5. The number of hydrogen-bond acceptors (Lipinski definition) is 5. The van der Waals surface area contributed by atoms with Gasteiger partial charge in [-0.15, -0.1) is 0 Å². The standard InChI is InChI=1S/C17H27NO5/c1-11(18-16(21)23-17(2,3)4)15(20)14(19)10-12-6-8-13(22-5)9-7-12/h6-9,11,14-15,19-20H,10H2,1-5H3,(H,18,21)/t11-,14-,15-/m1/s1. The van der Waals surface area contributed by atoms with Crippen LogP contribution in [0.25, 0.3) is 0 Å². The third-order valence-corrected chi connectivity index (χ3v) is 3.25. The molecule has 3 atom stereocenters. The average molecular weight is 325 g/mol. The molecule has 0 saturated heterocycles. The number of amides is 1. The van der Waals surface area contributed by atoms with Crippen molar-refractivity contribution in [3.63, 3.8) is 0 Å². The Morgan fingerprint density at radius 3 is 2.26 bits per heavy atom. The fraction of sp³-hybridized carbons (Fsp3) is 0.588. The smallest absolute Gasteiger partial charge is 0.407 e. The topological polar surface area (TPSA) is 88.0 Å². The molecule has 23 heavy (non-hydrogen) atoms. The first kappa shape index (κ1) is 19.3. The molecule has 1 amide bonds. The van der Waals surface area contributed by atoms with Crippen molar-refractivity contribution >= 4 is 6.09 Å². The zero-order chi connectivity index (χ0) is 17.6. The predicted molar refractivity (Wildman–Crippen MR) is 87.5 cm³/mol. The van der Waals surface area contributed by atoms with Crippen molar-refractivity contribution in [1.29, 1.82) is 0 Å². The maximum atomic E-state index is 11.7. The number of rotatable bonds is 6. The Labute approximate surface area is 137 Å². The van der Waals surface area contributed by atoms with E-state index in [1.807, 2.05) is 12.1 Å². The van der Waals surface area contributed by atoms with Crippen LogP contribution in [0.3, 0.4) is 0 Å². The zero-order valence-corrected chi connectivity index (χ0v) is 14.4.